The lowest BCUT2D eigenvalue weighted by Gasteiger charge is -2.41. The molecule has 48 heavy (non-hydrogen) atoms. The fraction of sp³-hybridized carbons (Fsp3) is 0.211. The molecular formula is C38H36F3N5O2. The number of hydrogen-bond donors (Lipinski definition) is 2. The third-order valence-corrected chi connectivity index (χ3v) is 8.60. The van der Waals surface area contributed by atoms with Gasteiger partial charge >= 0.3 is 6.18 Å². The largest absolute Gasteiger partial charge is 0.416 e. The van der Waals surface area contributed by atoms with Gasteiger partial charge in [-0.1, -0.05) is 66.7 Å². The van der Waals surface area contributed by atoms with Gasteiger partial charge in [-0.15, -0.1) is 0 Å². The molecular weight excluding hydrogens is 615 g/mol. The Kier molecular flexibility index (Phi) is 10.1. The standard InChI is InChI=1S/C38H36F3N5O2/c39-38(40,41)31-14-12-29(13-15-31)34-10-4-5-11-35(34)37(47)43-32-16-18-33(19-17-32)44-21-23-45(24-22-44)36(30-8-2-1-3-9-30)27-46(48)26-28-7-6-20-42-25-28/h1-20,25,36,48H,21-24,26-27H2,(H,43,47). The number of alkyl halides is 3. The van der Waals surface area contributed by atoms with Crippen molar-refractivity contribution in [1.29, 1.82) is 0 Å². The molecule has 1 aliphatic rings. The zero-order valence-electron chi connectivity index (χ0n) is 26.2. The van der Waals surface area contributed by atoms with Gasteiger partial charge in [0, 0.05) is 68.1 Å². The second kappa shape index (κ2) is 14.8. The number of carbonyl (C=O) groups excluding carboxylic acids is 1. The second-order valence-corrected chi connectivity index (χ2v) is 11.8. The van der Waals surface area contributed by atoms with E-state index in [4.69, 9.17) is 0 Å². The molecule has 4 aromatic carbocycles. The van der Waals surface area contributed by atoms with Crippen molar-refractivity contribution >= 4 is 17.3 Å². The smallest absolute Gasteiger partial charge is 0.369 e. The number of benzene rings is 4. The van der Waals surface area contributed by atoms with Gasteiger partial charge in [0.25, 0.3) is 5.91 Å². The van der Waals surface area contributed by atoms with Crippen molar-refractivity contribution in [2.24, 2.45) is 0 Å². The number of amides is 1. The van der Waals surface area contributed by atoms with Crippen LogP contribution >= 0.6 is 0 Å². The van der Waals surface area contributed by atoms with E-state index in [9.17, 15) is 23.2 Å². The first kappa shape index (κ1) is 32.9. The Hall–Kier alpha value is -5.03. The van der Waals surface area contributed by atoms with Gasteiger partial charge in [0.1, 0.15) is 0 Å². The molecule has 2 N–H and O–H groups in total. The monoisotopic (exact) mass is 651 g/mol. The molecule has 0 bridgehead atoms. The molecule has 1 aromatic heterocycles. The minimum Gasteiger partial charge on any atom is -0.369 e. The Morgan fingerprint density at radius 1 is 0.833 bits per heavy atom. The summed E-state index contributed by atoms with van der Waals surface area (Å²) in [4.78, 5) is 22.1. The van der Waals surface area contributed by atoms with E-state index in [0.29, 0.717) is 35.5 Å². The first-order valence-corrected chi connectivity index (χ1v) is 15.8. The summed E-state index contributed by atoms with van der Waals surface area (Å²) in [7, 11) is 0. The van der Waals surface area contributed by atoms with Crippen LogP contribution in [0.5, 0.6) is 0 Å². The highest BCUT2D eigenvalue weighted by molar-refractivity contribution is 6.08. The van der Waals surface area contributed by atoms with Crippen molar-refractivity contribution in [3.8, 4) is 11.1 Å². The predicted octanol–water partition coefficient (Wildman–Crippen LogP) is 7.77. The quantitative estimate of drug-likeness (QED) is 0.150. The molecule has 7 nitrogen and oxygen atoms in total. The van der Waals surface area contributed by atoms with E-state index in [-0.39, 0.29) is 11.9 Å². The van der Waals surface area contributed by atoms with Crippen LogP contribution < -0.4 is 10.2 Å². The average molecular weight is 652 g/mol. The topological polar surface area (TPSA) is 71.9 Å². The lowest BCUT2D eigenvalue weighted by Crippen LogP contribution is -2.49. The molecule has 1 unspecified atom stereocenters. The molecule has 0 spiro atoms. The van der Waals surface area contributed by atoms with E-state index in [2.05, 4.69) is 32.2 Å². The molecule has 0 aliphatic carbocycles. The molecule has 0 radical (unpaired) electrons. The van der Waals surface area contributed by atoms with Crippen molar-refractivity contribution < 1.29 is 23.2 Å². The highest BCUT2D eigenvalue weighted by Gasteiger charge is 2.30. The summed E-state index contributed by atoms with van der Waals surface area (Å²) in [6, 6.07) is 33.4. The molecule has 1 aliphatic heterocycles. The van der Waals surface area contributed by atoms with Gasteiger partial charge in [-0.05, 0) is 70.8 Å². The van der Waals surface area contributed by atoms with Crippen LogP contribution in [0.15, 0.2) is 128 Å². The summed E-state index contributed by atoms with van der Waals surface area (Å²) in [5, 5.41) is 15.2. The Bertz CT molecular complexity index is 1780. The molecule has 5 aromatic rings. The zero-order chi connectivity index (χ0) is 33.5. The van der Waals surface area contributed by atoms with Crippen LogP contribution in [0.1, 0.15) is 33.1 Å². The van der Waals surface area contributed by atoms with Crippen LogP contribution in [0, 0.1) is 0 Å². The number of hydroxylamine groups is 2. The molecule has 0 saturated carbocycles. The van der Waals surface area contributed by atoms with Crippen LogP contribution in [0.25, 0.3) is 11.1 Å². The number of aromatic nitrogens is 1. The molecule has 10 heteroatoms. The summed E-state index contributed by atoms with van der Waals surface area (Å²) in [5.41, 5.74) is 4.45. The predicted molar refractivity (Wildman–Crippen MR) is 181 cm³/mol. The normalized spacial score (nSPS) is 14.6. The molecule has 1 amide bonds. The minimum atomic E-state index is -4.43. The number of pyridine rings is 1. The zero-order valence-corrected chi connectivity index (χ0v) is 26.2. The molecule has 1 saturated heterocycles. The molecule has 2 heterocycles. The number of nitrogens with zero attached hydrogens (tertiary/aromatic N) is 4. The second-order valence-electron chi connectivity index (χ2n) is 11.8. The fourth-order valence-corrected chi connectivity index (χ4v) is 6.09. The van der Waals surface area contributed by atoms with Gasteiger partial charge in [-0.25, -0.2) is 0 Å². The summed E-state index contributed by atoms with van der Waals surface area (Å²) in [5.74, 6) is -0.347. The number of nitrogens with one attached hydrogen (secondary N) is 1. The summed E-state index contributed by atoms with van der Waals surface area (Å²) >= 11 is 0. The maximum atomic E-state index is 13.3. The molecule has 6 rings (SSSR count). The Labute approximate surface area is 277 Å². The third-order valence-electron chi connectivity index (χ3n) is 8.60. The highest BCUT2D eigenvalue weighted by Crippen LogP contribution is 2.32. The summed E-state index contributed by atoms with van der Waals surface area (Å²) in [6.45, 7) is 4.04. The van der Waals surface area contributed by atoms with Gasteiger partial charge in [-0.2, -0.15) is 18.2 Å². The summed E-state index contributed by atoms with van der Waals surface area (Å²) < 4.78 is 39.2. The number of rotatable bonds is 10. The van der Waals surface area contributed by atoms with Crippen molar-refractivity contribution in [2.45, 2.75) is 18.8 Å². The third kappa shape index (κ3) is 8.09. The van der Waals surface area contributed by atoms with Crippen LogP contribution in [-0.4, -0.2) is 58.8 Å². The van der Waals surface area contributed by atoms with E-state index >= 15 is 0 Å². The first-order valence-electron chi connectivity index (χ1n) is 15.8. The minimum absolute atomic E-state index is 0.0121. The lowest BCUT2D eigenvalue weighted by atomic mass is 9.98. The van der Waals surface area contributed by atoms with Crippen LogP contribution in [-0.2, 0) is 12.7 Å². The number of halogens is 3. The van der Waals surface area contributed by atoms with Gasteiger partial charge in [-0.3, -0.25) is 14.7 Å². The van der Waals surface area contributed by atoms with Gasteiger partial charge in [0.2, 0.25) is 0 Å². The van der Waals surface area contributed by atoms with Crippen molar-refractivity contribution in [3.05, 3.63) is 150 Å². The number of anilines is 2. The highest BCUT2D eigenvalue weighted by atomic mass is 19.4. The van der Waals surface area contributed by atoms with Gasteiger partial charge < -0.3 is 15.4 Å². The van der Waals surface area contributed by atoms with E-state index < -0.39 is 11.7 Å². The van der Waals surface area contributed by atoms with Crippen molar-refractivity contribution in [2.75, 3.05) is 42.9 Å². The van der Waals surface area contributed by atoms with Crippen LogP contribution in [0.3, 0.4) is 0 Å². The number of carbonyl (C=O) groups is 1. The molecule has 1 atom stereocenters. The maximum absolute atomic E-state index is 13.3. The van der Waals surface area contributed by atoms with E-state index in [0.717, 1.165) is 55.1 Å². The van der Waals surface area contributed by atoms with Crippen LogP contribution in [0.4, 0.5) is 24.5 Å². The lowest BCUT2D eigenvalue weighted by molar-refractivity contribution is -0.137. The SMILES string of the molecule is O=C(Nc1ccc(N2CCN(C(CN(O)Cc3cccnc3)c3ccccc3)CC2)cc1)c1ccccc1-c1ccc(C(F)(F)F)cc1. The van der Waals surface area contributed by atoms with Crippen LogP contribution in [0.2, 0.25) is 0 Å². The number of piperazine rings is 1. The fourth-order valence-electron chi connectivity index (χ4n) is 6.09. The Morgan fingerprint density at radius 2 is 1.52 bits per heavy atom. The van der Waals surface area contributed by atoms with E-state index in [1.807, 2.05) is 54.6 Å². The van der Waals surface area contributed by atoms with Gasteiger partial charge in [0.15, 0.2) is 0 Å². The van der Waals surface area contributed by atoms with Crippen molar-refractivity contribution in [3.63, 3.8) is 0 Å². The summed E-state index contributed by atoms with van der Waals surface area (Å²) in [6.07, 6.45) is -0.947. The maximum Gasteiger partial charge on any atom is 0.416 e. The molecule has 1 fully saturated rings. The first-order chi connectivity index (χ1) is 23.2. The average Bonchev–Trinajstić information content (AvgIpc) is 3.11. The van der Waals surface area contributed by atoms with E-state index in [1.54, 1.807) is 36.7 Å². The number of hydrogen-bond acceptors (Lipinski definition) is 6. The molecule has 246 valence electrons. The van der Waals surface area contributed by atoms with Gasteiger partial charge in [0.05, 0.1) is 12.1 Å². The Balaban J connectivity index is 1.08. The van der Waals surface area contributed by atoms with Crippen molar-refractivity contribution in [1.82, 2.24) is 14.9 Å². The Morgan fingerprint density at radius 3 is 2.19 bits per heavy atom. The van der Waals surface area contributed by atoms with E-state index in [1.165, 1.54) is 17.2 Å².